The molecule has 0 fully saturated rings. The van der Waals surface area contributed by atoms with Gasteiger partial charge in [-0.25, -0.2) is 0 Å². The molecule has 2 nitrogen and oxygen atoms in total. The third-order valence-electron chi connectivity index (χ3n) is 0.702. The summed E-state index contributed by atoms with van der Waals surface area (Å²) in [7, 11) is 0. The average Bonchev–Trinajstić information content (AvgIpc) is 1.62. The van der Waals surface area contributed by atoms with Crippen LogP contribution in [-0.2, 0) is 4.74 Å². The van der Waals surface area contributed by atoms with Crippen molar-refractivity contribution in [3.8, 4) is 0 Å². The highest BCUT2D eigenvalue weighted by Crippen LogP contribution is 2.11. The smallest absolute Gasteiger partial charge is 0.109 e. The molecule has 54 valence electrons. The third kappa shape index (κ3) is 5.21. The Balaban J connectivity index is 3.75. The molecular formula is C7H15NO. The van der Waals surface area contributed by atoms with Gasteiger partial charge in [0.1, 0.15) is 11.4 Å². The summed E-state index contributed by atoms with van der Waals surface area (Å²) < 4.78 is 5.32. The van der Waals surface area contributed by atoms with Crippen LogP contribution in [0.5, 0.6) is 0 Å². The van der Waals surface area contributed by atoms with Crippen molar-refractivity contribution in [3.05, 3.63) is 12.0 Å². The first-order chi connectivity index (χ1) is 3.95. The Bertz CT molecular complexity index is 111. The first-order valence-corrected chi connectivity index (χ1v) is 3.03. The molecule has 0 aliphatic carbocycles. The summed E-state index contributed by atoms with van der Waals surface area (Å²) in [6.07, 6.45) is 1.46. The molecule has 0 heterocycles. The highest BCUT2D eigenvalue weighted by atomic mass is 16.5. The summed E-state index contributed by atoms with van der Waals surface area (Å²) in [4.78, 5) is 0. The Morgan fingerprint density at radius 3 is 2.00 bits per heavy atom. The molecule has 0 saturated carbocycles. The maximum atomic E-state index is 5.32. The normalized spacial score (nSPS) is 13.6. The summed E-state index contributed by atoms with van der Waals surface area (Å²) in [5, 5.41) is 0. The van der Waals surface area contributed by atoms with Crippen molar-refractivity contribution >= 4 is 0 Å². The van der Waals surface area contributed by atoms with Crippen LogP contribution in [0.3, 0.4) is 0 Å². The van der Waals surface area contributed by atoms with Gasteiger partial charge in [0.25, 0.3) is 0 Å². The molecule has 0 atom stereocenters. The Kier molecular flexibility index (Phi) is 2.56. The van der Waals surface area contributed by atoms with Crippen molar-refractivity contribution in [3.63, 3.8) is 0 Å². The zero-order valence-corrected chi connectivity index (χ0v) is 6.56. The zero-order valence-electron chi connectivity index (χ0n) is 6.56. The van der Waals surface area contributed by atoms with E-state index in [4.69, 9.17) is 10.5 Å². The molecule has 0 aromatic heterocycles. The van der Waals surface area contributed by atoms with Gasteiger partial charge < -0.3 is 10.5 Å². The van der Waals surface area contributed by atoms with Crippen LogP contribution in [0, 0.1) is 0 Å². The Morgan fingerprint density at radius 1 is 1.44 bits per heavy atom. The molecule has 0 rings (SSSR count). The molecule has 0 saturated heterocycles. The van der Waals surface area contributed by atoms with Crippen molar-refractivity contribution in [1.29, 1.82) is 0 Å². The van der Waals surface area contributed by atoms with E-state index in [1.165, 1.54) is 6.20 Å². The van der Waals surface area contributed by atoms with Crippen LogP contribution in [-0.4, -0.2) is 5.60 Å². The van der Waals surface area contributed by atoms with Gasteiger partial charge in [-0.3, -0.25) is 0 Å². The van der Waals surface area contributed by atoms with Crippen LogP contribution in [0.1, 0.15) is 27.7 Å². The van der Waals surface area contributed by atoms with Gasteiger partial charge in [0.2, 0.25) is 0 Å². The lowest BCUT2D eigenvalue weighted by Gasteiger charge is -2.20. The van der Waals surface area contributed by atoms with E-state index in [0.29, 0.717) is 0 Å². The maximum Gasteiger partial charge on any atom is 0.109 e. The highest BCUT2D eigenvalue weighted by molar-refractivity contribution is 4.86. The van der Waals surface area contributed by atoms with E-state index in [9.17, 15) is 0 Å². The predicted molar refractivity (Wildman–Crippen MR) is 38.8 cm³/mol. The zero-order chi connectivity index (χ0) is 7.49. The van der Waals surface area contributed by atoms with E-state index in [2.05, 4.69) is 0 Å². The standard InChI is InChI=1S/C7H15NO/c1-6(5-8)9-7(2,3)4/h5H,8H2,1-4H3/b6-5+. The minimum atomic E-state index is -0.125. The molecular weight excluding hydrogens is 114 g/mol. The van der Waals surface area contributed by atoms with Crippen LogP contribution in [0.4, 0.5) is 0 Å². The Morgan fingerprint density at radius 2 is 1.89 bits per heavy atom. The number of rotatable bonds is 1. The monoisotopic (exact) mass is 129 g/mol. The molecule has 0 radical (unpaired) electrons. The third-order valence-corrected chi connectivity index (χ3v) is 0.702. The lowest BCUT2D eigenvalue weighted by atomic mass is 10.2. The molecule has 0 unspecified atom stereocenters. The number of ether oxygens (including phenoxy) is 1. The number of hydrogen-bond acceptors (Lipinski definition) is 2. The topological polar surface area (TPSA) is 35.2 Å². The van der Waals surface area contributed by atoms with Crippen LogP contribution in [0.2, 0.25) is 0 Å². The molecule has 9 heavy (non-hydrogen) atoms. The molecule has 2 N–H and O–H groups in total. The number of allylic oxidation sites excluding steroid dienone is 1. The number of nitrogens with two attached hydrogens (primary N) is 1. The van der Waals surface area contributed by atoms with Crippen LogP contribution in [0.15, 0.2) is 12.0 Å². The SMILES string of the molecule is C/C(=C\N)OC(C)(C)C. The fraction of sp³-hybridized carbons (Fsp3) is 0.714. The summed E-state index contributed by atoms with van der Waals surface area (Å²) in [6.45, 7) is 7.80. The first kappa shape index (κ1) is 8.34. The van der Waals surface area contributed by atoms with Crippen molar-refractivity contribution in [2.45, 2.75) is 33.3 Å². The van der Waals surface area contributed by atoms with Crippen LogP contribution < -0.4 is 5.73 Å². The van der Waals surface area contributed by atoms with E-state index in [0.717, 1.165) is 5.76 Å². The van der Waals surface area contributed by atoms with Crippen molar-refractivity contribution in [2.75, 3.05) is 0 Å². The average molecular weight is 129 g/mol. The predicted octanol–water partition coefficient (Wildman–Crippen LogP) is 1.62. The molecule has 0 aliphatic rings. The fourth-order valence-corrected chi connectivity index (χ4v) is 0.517. The van der Waals surface area contributed by atoms with Gasteiger partial charge in [-0.05, 0) is 27.7 Å². The Hall–Kier alpha value is -0.660. The van der Waals surface area contributed by atoms with Gasteiger partial charge >= 0.3 is 0 Å². The minimum absolute atomic E-state index is 0.125. The van der Waals surface area contributed by atoms with Gasteiger partial charge in [-0.2, -0.15) is 0 Å². The van der Waals surface area contributed by atoms with Crippen LogP contribution >= 0.6 is 0 Å². The van der Waals surface area contributed by atoms with Gasteiger partial charge in [0.15, 0.2) is 0 Å². The van der Waals surface area contributed by atoms with E-state index < -0.39 is 0 Å². The second-order valence-electron chi connectivity index (χ2n) is 2.99. The quantitative estimate of drug-likeness (QED) is 0.546. The van der Waals surface area contributed by atoms with Gasteiger partial charge in [-0.15, -0.1) is 0 Å². The summed E-state index contributed by atoms with van der Waals surface area (Å²) in [5.41, 5.74) is 5.07. The molecule has 0 amide bonds. The van der Waals surface area contributed by atoms with E-state index in [1.807, 2.05) is 27.7 Å². The largest absolute Gasteiger partial charge is 0.491 e. The van der Waals surface area contributed by atoms with Crippen LogP contribution in [0.25, 0.3) is 0 Å². The highest BCUT2D eigenvalue weighted by Gasteiger charge is 2.09. The summed E-state index contributed by atoms with van der Waals surface area (Å²) in [6, 6.07) is 0. The molecule has 0 aromatic carbocycles. The van der Waals surface area contributed by atoms with E-state index >= 15 is 0 Å². The first-order valence-electron chi connectivity index (χ1n) is 3.03. The molecule has 0 spiro atoms. The van der Waals surface area contributed by atoms with Crippen molar-refractivity contribution in [1.82, 2.24) is 0 Å². The van der Waals surface area contributed by atoms with Gasteiger partial charge in [0.05, 0.1) is 0 Å². The van der Waals surface area contributed by atoms with Crippen molar-refractivity contribution < 1.29 is 4.74 Å². The lowest BCUT2D eigenvalue weighted by molar-refractivity contribution is 0.0530. The molecule has 0 aliphatic heterocycles. The molecule has 2 heteroatoms. The van der Waals surface area contributed by atoms with Crippen molar-refractivity contribution in [2.24, 2.45) is 5.73 Å². The van der Waals surface area contributed by atoms with Gasteiger partial charge in [0, 0.05) is 6.20 Å². The lowest BCUT2D eigenvalue weighted by Crippen LogP contribution is -2.18. The summed E-state index contributed by atoms with van der Waals surface area (Å²) in [5.74, 6) is 0.766. The second-order valence-corrected chi connectivity index (χ2v) is 2.99. The Labute approximate surface area is 56.7 Å². The minimum Gasteiger partial charge on any atom is -0.491 e. The molecule has 0 aromatic rings. The van der Waals surface area contributed by atoms with E-state index in [-0.39, 0.29) is 5.60 Å². The number of hydrogen-bond donors (Lipinski definition) is 1. The van der Waals surface area contributed by atoms with E-state index in [1.54, 1.807) is 0 Å². The summed E-state index contributed by atoms with van der Waals surface area (Å²) >= 11 is 0. The van der Waals surface area contributed by atoms with Gasteiger partial charge in [-0.1, -0.05) is 0 Å². The molecule has 0 bridgehead atoms. The maximum absolute atomic E-state index is 5.32. The fourth-order valence-electron chi connectivity index (χ4n) is 0.517. The second kappa shape index (κ2) is 2.76.